The summed E-state index contributed by atoms with van der Waals surface area (Å²) in [6, 6.07) is 8.24. The molecule has 0 amide bonds. The van der Waals surface area contributed by atoms with Crippen LogP contribution in [-0.2, 0) is 0 Å². The summed E-state index contributed by atoms with van der Waals surface area (Å²) in [6.07, 6.45) is 0. The number of fused-ring (bicyclic) bond motifs is 1. The summed E-state index contributed by atoms with van der Waals surface area (Å²) < 4.78 is 20.2. The number of hydrogen-bond acceptors (Lipinski definition) is 4. The van der Waals surface area contributed by atoms with Crippen LogP contribution >= 0.6 is 0 Å². The number of nitrogens with zero attached hydrogens (tertiary/aromatic N) is 3. The minimum atomic E-state index is -0.262. The maximum absolute atomic E-state index is 13.4. The van der Waals surface area contributed by atoms with E-state index in [0.29, 0.717) is 34.2 Å². The van der Waals surface area contributed by atoms with E-state index in [2.05, 4.69) is 9.97 Å². The highest BCUT2D eigenvalue weighted by molar-refractivity contribution is 5.77. The van der Waals surface area contributed by atoms with Gasteiger partial charge in [-0.2, -0.15) is 4.98 Å². The van der Waals surface area contributed by atoms with Crippen molar-refractivity contribution in [3.05, 3.63) is 41.7 Å². The molecule has 2 N–H and O–H groups in total. The van der Waals surface area contributed by atoms with Crippen LogP contribution in [0.3, 0.4) is 0 Å². The second-order valence-corrected chi connectivity index (χ2v) is 4.44. The van der Waals surface area contributed by atoms with Gasteiger partial charge in [0.05, 0.1) is 12.8 Å². The first-order valence-corrected chi connectivity index (χ1v) is 6.05. The van der Waals surface area contributed by atoms with E-state index in [9.17, 15) is 4.39 Å². The molecule has 0 saturated carbocycles. The van der Waals surface area contributed by atoms with E-state index in [1.54, 1.807) is 42.9 Å². The van der Waals surface area contributed by atoms with Crippen LogP contribution in [0.4, 0.5) is 10.3 Å². The highest BCUT2D eigenvalue weighted by atomic mass is 19.1. The predicted molar refractivity (Wildman–Crippen MR) is 74.5 cm³/mol. The Bertz CT molecular complexity index is 797. The highest BCUT2D eigenvalue weighted by Crippen LogP contribution is 2.24. The Balaban J connectivity index is 2.28. The molecule has 102 valence electrons. The maximum atomic E-state index is 13.4. The quantitative estimate of drug-likeness (QED) is 0.778. The molecule has 20 heavy (non-hydrogen) atoms. The fraction of sp³-hybridized carbons (Fsp3) is 0.143. The summed E-state index contributed by atoms with van der Waals surface area (Å²) in [5, 5.41) is 0. The Kier molecular flexibility index (Phi) is 2.78. The smallest absolute Gasteiger partial charge is 0.215 e. The van der Waals surface area contributed by atoms with E-state index in [-0.39, 0.29) is 5.82 Å². The molecule has 1 aromatic carbocycles. The third-order valence-electron chi connectivity index (χ3n) is 3.11. The first-order valence-electron chi connectivity index (χ1n) is 6.05. The number of hydrogen-bond donors (Lipinski definition) is 1. The summed E-state index contributed by atoms with van der Waals surface area (Å²) in [4.78, 5) is 8.59. The number of halogens is 1. The molecular formula is C14H13FN4O. The third-order valence-corrected chi connectivity index (χ3v) is 3.11. The van der Waals surface area contributed by atoms with Crippen LogP contribution in [0.5, 0.6) is 5.88 Å². The number of imidazole rings is 1. The lowest BCUT2D eigenvalue weighted by atomic mass is 10.2. The molecule has 0 aliphatic heterocycles. The van der Waals surface area contributed by atoms with Gasteiger partial charge >= 0.3 is 0 Å². The van der Waals surface area contributed by atoms with Gasteiger partial charge in [-0.1, -0.05) is 0 Å². The van der Waals surface area contributed by atoms with Gasteiger partial charge in [-0.15, -0.1) is 0 Å². The second-order valence-electron chi connectivity index (χ2n) is 4.44. The van der Waals surface area contributed by atoms with Gasteiger partial charge < -0.3 is 10.5 Å². The van der Waals surface area contributed by atoms with Crippen LogP contribution in [0.15, 0.2) is 30.3 Å². The normalized spacial score (nSPS) is 10.9. The number of anilines is 1. The first-order chi connectivity index (χ1) is 9.60. The Morgan fingerprint density at radius 2 is 2.00 bits per heavy atom. The zero-order valence-corrected chi connectivity index (χ0v) is 11.1. The summed E-state index contributed by atoms with van der Waals surface area (Å²) in [5.74, 6) is 0.506. The number of pyridine rings is 1. The zero-order chi connectivity index (χ0) is 14.3. The fourth-order valence-corrected chi connectivity index (χ4v) is 2.09. The molecule has 3 rings (SSSR count). The van der Waals surface area contributed by atoms with Crippen molar-refractivity contribution in [2.45, 2.75) is 6.92 Å². The third kappa shape index (κ3) is 1.85. The van der Waals surface area contributed by atoms with Crippen molar-refractivity contribution in [2.24, 2.45) is 0 Å². The molecule has 0 fully saturated rings. The lowest BCUT2D eigenvalue weighted by Gasteiger charge is -2.08. The van der Waals surface area contributed by atoms with Crippen LogP contribution in [0, 0.1) is 12.7 Å². The van der Waals surface area contributed by atoms with E-state index >= 15 is 0 Å². The second kappa shape index (κ2) is 4.48. The Hall–Kier alpha value is -2.63. The fourth-order valence-electron chi connectivity index (χ4n) is 2.09. The zero-order valence-electron chi connectivity index (χ0n) is 11.1. The number of nitrogen functional groups attached to an aromatic ring is 1. The van der Waals surface area contributed by atoms with Gasteiger partial charge in [0.25, 0.3) is 0 Å². The van der Waals surface area contributed by atoms with Gasteiger partial charge in [0.2, 0.25) is 11.8 Å². The number of benzene rings is 1. The summed E-state index contributed by atoms with van der Waals surface area (Å²) in [7, 11) is 1.54. The molecule has 0 aliphatic carbocycles. The lowest BCUT2D eigenvalue weighted by Crippen LogP contribution is -2.02. The number of aromatic nitrogens is 3. The average molecular weight is 272 g/mol. The monoisotopic (exact) mass is 272 g/mol. The first kappa shape index (κ1) is 12.4. The number of rotatable bonds is 2. The number of aryl methyl sites for hydroxylation is 1. The Morgan fingerprint density at radius 1 is 1.20 bits per heavy atom. The van der Waals surface area contributed by atoms with Crippen molar-refractivity contribution >= 4 is 17.1 Å². The molecule has 6 heteroatoms. The van der Waals surface area contributed by atoms with E-state index in [0.717, 1.165) is 0 Å². The minimum Gasteiger partial charge on any atom is -0.481 e. The molecule has 2 aromatic heterocycles. The molecule has 0 spiro atoms. The molecule has 0 aliphatic rings. The SMILES string of the molecule is COc1ccc2nc(N)n(-c3ccc(F)c(C)c3)c2n1. The standard InChI is InChI=1S/C14H13FN4O/c1-8-7-9(3-4-10(8)15)19-13-11(17-14(19)16)5-6-12(18-13)20-2/h3-7H,1-2H3,(H2,16,17). The van der Waals surface area contributed by atoms with Crippen LogP contribution in [0.1, 0.15) is 5.56 Å². The molecule has 3 aromatic rings. The molecule has 0 unspecified atom stereocenters. The van der Waals surface area contributed by atoms with Gasteiger partial charge in [0.1, 0.15) is 11.3 Å². The Morgan fingerprint density at radius 3 is 2.70 bits per heavy atom. The largest absolute Gasteiger partial charge is 0.481 e. The van der Waals surface area contributed by atoms with Crippen molar-refractivity contribution < 1.29 is 9.13 Å². The summed E-state index contributed by atoms with van der Waals surface area (Å²) in [6.45, 7) is 1.70. The van der Waals surface area contributed by atoms with Crippen LogP contribution in [-0.4, -0.2) is 21.6 Å². The molecule has 2 heterocycles. The summed E-state index contributed by atoms with van der Waals surface area (Å²) >= 11 is 0. The molecular weight excluding hydrogens is 259 g/mol. The molecule has 0 saturated heterocycles. The number of nitrogens with two attached hydrogens (primary N) is 1. The lowest BCUT2D eigenvalue weighted by molar-refractivity contribution is 0.399. The molecule has 0 atom stereocenters. The van der Waals surface area contributed by atoms with Crippen molar-refractivity contribution in [2.75, 3.05) is 12.8 Å². The van der Waals surface area contributed by atoms with E-state index < -0.39 is 0 Å². The van der Waals surface area contributed by atoms with Gasteiger partial charge in [-0.25, -0.2) is 9.37 Å². The van der Waals surface area contributed by atoms with Crippen molar-refractivity contribution in [3.63, 3.8) is 0 Å². The average Bonchev–Trinajstić information content (AvgIpc) is 2.77. The Labute approximate surface area is 114 Å². The van der Waals surface area contributed by atoms with Crippen LogP contribution in [0.2, 0.25) is 0 Å². The highest BCUT2D eigenvalue weighted by Gasteiger charge is 2.13. The number of methoxy groups -OCH3 is 1. The number of ether oxygens (including phenoxy) is 1. The maximum Gasteiger partial charge on any atom is 0.215 e. The molecule has 0 bridgehead atoms. The van der Waals surface area contributed by atoms with Gasteiger partial charge in [0, 0.05) is 6.07 Å². The van der Waals surface area contributed by atoms with Gasteiger partial charge in [0.15, 0.2) is 5.65 Å². The predicted octanol–water partition coefficient (Wildman–Crippen LogP) is 2.46. The van der Waals surface area contributed by atoms with Crippen molar-refractivity contribution in [1.29, 1.82) is 0 Å². The van der Waals surface area contributed by atoms with Crippen LogP contribution in [0.25, 0.3) is 16.9 Å². The van der Waals surface area contributed by atoms with E-state index in [1.165, 1.54) is 6.07 Å². The molecule has 5 nitrogen and oxygen atoms in total. The molecule has 0 radical (unpaired) electrons. The van der Waals surface area contributed by atoms with Crippen LogP contribution < -0.4 is 10.5 Å². The minimum absolute atomic E-state index is 0.262. The van der Waals surface area contributed by atoms with Crippen molar-refractivity contribution in [1.82, 2.24) is 14.5 Å². The van der Waals surface area contributed by atoms with E-state index in [1.807, 2.05) is 0 Å². The van der Waals surface area contributed by atoms with Gasteiger partial charge in [-0.05, 0) is 36.8 Å². The summed E-state index contributed by atoms with van der Waals surface area (Å²) in [5.41, 5.74) is 8.42. The topological polar surface area (TPSA) is 66.0 Å². The van der Waals surface area contributed by atoms with E-state index in [4.69, 9.17) is 10.5 Å². The van der Waals surface area contributed by atoms with Crippen molar-refractivity contribution in [3.8, 4) is 11.6 Å². The van der Waals surface area contributed by atoms with Gasteiger partial charge in [-0.3, -0.25) is 4.57 Å².